The first-order valence-electron chi connectivity index (χ1n) is 9.16. The number of aryl methyl sites for hydroxylation is 1. The lowest BCUT2D eigenvalue weighted by atomic mass is 10.0. The Hall–Kier alpha value is -2.45. The zero-order chi connectivity index (χ0) is 20.3. The Morgan fingerprint density at radius 2 is 2.00 bits per heavy atom. The number of hydrogen-bond acceptors (Lipinski definition) is 4. The van der Waals surface area contributed by atoms with E-state index in [1.807, 2.05) is 17.9 Å². The highest BCUT2D eigenvalue weighted by molar-refractivity contribution is 7.89. The molecular weight excluding hydrogens is 381 g/mol. The number of piperidine rings is 1. The maximum absolute atomic E-state index is 14.2. The van der Waals surface area contributed by atoms with Gasteiger partial charge < -0.3 is 10.2 Å². The third-order valence-corrected chi connectivity index (χ3v) is 6.29. The number of benzene rings is 2. The van der Waals surface area contributed by atoms with Crippen molar-refractivity contribution in [2.24, 2.45) is 0 Å². The third-order valence-electron chi connectivity index (χ3n) is 4.87. The number of sulfonamides is 1. The van der Waals surface area contributed by atoms with E-state index in [1.54, 1.807) is 12.1 Å². The van der Waals surface area contributed by atoms with E-state index in [2.05, 4.69) is 10.0 Å². The minimum Gasteiger partial charge on any atom is -0.367 e. The summed E-state index contributed by atoms with van der Waals surface area (Å²) >= 11 is 0. The second-order valence-electron chi connectivity index (χ2n) is 6.95. The molecule has 0 aromatic heterocycles. The van der Waals surface area contributed by atoms with Gasteiger partial charge in [0.05, 0.1) is 10.6 Å². The molecule has 0 spiro atoms. The predicted octanol–water partition coefficient (Wildman–Crippen LogP) is 2.44. The van der Waals surface area contributed by atoms with Crippen LogP contribution < -0.4 is 14.9 Å². The molecule has 28 heavy (non-hydrogen) atoms. The molecule has 1 fully saturated rings. The molecule has 2 N–H and O–H groups in total. The summed E-state index contributed by atoms with van der Waals surface area (Å²) in [5.74, 6) is -0.618. The van der Waals surface area contributed by atoms with Gasteiger partial charge in [-0.1, -0.05) is 12.1 Å². The number of nitrogens with one attached hydrogen (secondary N) is 2. The molecule has 1 aliphatic rings. The fourth-order valence-electron chi connectivity index (χ4n) is 3.37. The molecular formula is C20H24FN3O3S. The third kappa shape index (κ3) is 4.51. The van der Waals surface area contributed by atoms with Crippen LogP contribution in [0.3, 0.4) is 0 Å². The lowest BCUT2D eigenvalue weighted by molar-refractivity contribution is 0.0933. The Kier molecular flexibility index (Phi) is 6.00. The van der Waals surface area contributed by atoms with Gasteiger partial charge >= 0.3 is 0 Å². The number of amides is 1. The molecule has 1 heterocycles. The fraction of sp³-hybridized carbons (Fsp3) is 0.350. The Morgan fingerprint density at radius 3 is 2.75 bits per heavy atom. The van der Waals surface area contributed by atoms with Crippen LogP contribution in [0.4, 0.5) is 10.1 Å². The Bertz CT molecular complexity index is 978. The van der Waals surface area contributed by atoms with Gasteiger partial charge in [-0.15, -0.1) is 0 Å². The minimum atomic E-state index is -3.62. The van der Waals surface area contributed by atoms with Crippen LogP contribution >= 0.6 is 0 Å². The number of rotatable bonds is 5. The first kappa shape index (κ1) is 20.3. The molecule has 0 bridgehead atoms. The van der Waals surface area contributed by atoms with Gasteiger partial charge in [-0.05, 0) is 62.7 Å². The summed E-state index contributed by atoms with van der Waals surface area (Å²) in [7, 11) is -2.30. The predicted molar refractivity (Wildman–Crippen MR) is 107 cm³/mol. The average Bonchev–Trinajstić information content (AvgIpc) is 2.70. The summed E-state index contributed by atoms with van der Waals surface area (Å²) in [6.07, 6.45) is 1.61. The smallest absolute Gasteiger partial charge is 0.251 e. The zero-order valence-corrected chi connectivity index (χ0v) is 16.7. The van der Waals surface area contributed by atoms with Gasteiger partial charge in [0.1, 0.15) is 5.82 Å². The molecule has 1 aliphatic heterocycles. The van der Waals surface area contributed by atoms with E-state index in [1.165, 1.54) is 31.3 Å². The molecule has 1 amide bonds. The molecule has 2 aromatic rings. The van der Waals surface area contributed by atoms with Crippen LogP contribution in [0.25, 0.3) is 0 Å². The maximum Gasteiger partial charge on any atom is 0.251 e. The number of anilines is 1. The van der Waals surface area contributed by atoms with Gasteiger partial charge in [0.25, 0.3) is 5.91 Å². The van der Waals surface area contributed by atoms with Gasteiger partial charge in [0.15, 0.2) is 0 Å². The molecule has 0 radical (unpaired) electrons. The van der Waals surface area contributed by atoms with Crippen LogP contribution in [0, 0.1) is 12.7 Å². The lowest BCUT2D eigenvalue weighted by Gasteiger charge is -2.35. The number of halogens is 1. The first-order chi connectivity index (χ1) is 13.3. The Morgan fingerprint density at radius 1 is 1.21 bits per heavy atom. The highest BCUT2D eigenvalue weighted by Gasteiger charge is 2.24. The second-order valence-corrected chi connectivity index (χ2v) is 8.84. The van der Waals surface area contributed by atoms with E-state index >= 15 is 0 Å². The molecule has 1 unspecified atom stereocenters. The van der Waals surface area contributed by atoms with Gasteiger partial charge in [0, 0.05) is 24.7 Å². The Labute approximate surface area is 164 Å². The van der Waals surface area contributed by atoms with Crippen LogP contribution in [0.1, 0.15) is 28.8 Å². The summed E-state index contributed by atoms with van der Waals surface area (Å²) in [5, 5.41) is 2.95. The van der Waals surface area contributed by atoms with Crippen LogP contribution in [-0.2, 0) is 10.0 Å². The largest absolute Gasteiger partial charge is 0.367 e. The van der Waals surface area contributed by atoms with E-state index < -0.39 is 10.0 Å². The van der Waals surface area contributed by atoms with Crippen molar-refractivity contribution in [3.8, 4) is 0 Å². The number of hydrogen-bond donors (Lipinski definition) is 2. The summed E-state index contributed by atoms with van der Waals surface area (Å²) < 4.78 is 40.3. The van der Waals surface area contributed by atoms with Crippen LogP contribution in [0.15, 0.2) is 47.4 Å². The highest BCUT2D eigenvalue weighted by Crippen LogP contribution is 2.24. The van der Waals surface area contributed by atoms with Gasteiger partial charge in [-0.3, -0.25) is 4.79 Å². The SMILES string of the molecule is CNS(=O)(=O)c1cccc(C(=O)NC2CCCN(c3cc(C)ccc3F)C2)c1. The molecule has 0 aliphatic carbocycles. The molecule has 1 atom stereocenters. The van der Waals surface area contributed by atoms with E-state index in [-0.39, 0.29) is 28.2 Å². The van der Waals surface area contributed by atoms with Crippen LogP contribution in [0.5, 0.6) is 0 Å². The second kappa shape index (κ2) is 8.28. The van der Waals surface area contributed by atoms with Gasteiger partial charge in [-0.25, -0.2) is 17.5 Å². The highest BCUT2D eigenvalue weighted by atomic mass is 32.2. The van der Waals surface area contributed by atoms with Crippen molar-refractivity contribution in [1.29, 1.82) is 0 Å². The van der Waals surface area contributed by atoms with Gasteiger partial charge in [0.2, 0.25) is 10.0 Å². The van der Waals surface area contributed by atoms with Crippen molar-refractivity contribution in [2.45, 2.75) is 30.7 Å². The summed E-state index contributed by atoms with van der Waals surface area (Å²) in [4.78, 5) is 14.6. The molecule has 0 saturated carbocycles. The summed E-state index contributed by atoms with van der Waals surface area (Å²) in [6.45, 7) is 3.14. The van der Waals surface area contributed by atoms with Crippen LogP contribution in [-0.4, -0.2) is 40.5 Å². The number of nitrogens with zero attached hydrogens (tertiary/aromatic N) is 1. The molecule has 1 saturated heterocycles. The standard InChI is InChI=1S/C20H24FN3O3S/c1-14-8-9-18(21)19(11-14)24-10-4-6-16(13-24)23-20(25)15-5-3-7-17(12-15)28(26,27)22-2/h3,5,7-9,11-12,16,22H,4,6,10,13H2,1-2H3,(H,23,25). The van der Waals surface area contributed by atoms with Crippen molar-refractivity contribution in [3.05, 3.63) is 59.4 Å². The zero-order valence-electron chi connectivity index (χ0n) is 15.9. The van der Waals surface area contributed by atoms with Crippen molar-refractivity contribution < 1.29 is 17.6 Å². The minimum absolute atomic E-state index is 0.0368. The Balaban J connectivity index is 1.72. The number of carbonyl (C=O) groups is 1. The van der Waals surface area contributed by atoms with E-state index in [4.69, 9.17) is 0 Å². The van der Waals surface area contributed by atoms with E-state index in [0.29, 0.717) is 12.2 Å². The van der Waals surface area contributed by atoms with Crippen molar-refractivity contribution >= 4 is 21.6 Å². The first-order valence-corrected chi connectivity index (χ1v) is 10.6. The summed E-state index contributed by atoms with van der Waals surface area (Å²) in [6, 6.07) is 10.7. The van der Waals surface area contributed by atoms with Crippen LogP contribution in [0.2, 0.25) is 0 Å². The van der Waals surface area contributed by atoms with E-state index in [0.717, 1.165) is 24.9 Å². The quantitative estimate of drug-likeness (QED) is 0.801. The topological polar surface area (TPSA) is 78.5 Å². The average molecular weight is 405 g/mol. The van der Waals surface area contributed by atoms with Crippen molar-refractivity contribution in [2.75, 3.05) is 25.0 Å². The fourth-order valence-corrected chi connectivity index (χ4v) is 4.15. The van der Waals surface area contributed by atoms with Gasteiger partial charge in [-0.2, -0.15) is 0 Å². The van der Waals surface area contributed by atoms with Crippen molar-refractivity contribution in [3.63, 3.8) is 0 Å². The molecule has 2 aromatic carbocycles. The normalized spacial score (nSPS) is 17.4. The molecule has 150 valence electrons. The molecule has 3 rings (SSSR count). The lowest BCUT2D eigenvalue weighted by Crippen LogP contribution is -2.48. The molecule has 6 nitrogen and oxygen atoms in total. The van der Waals surface area contributed by atoms with E-state index in [9.17, 15) is 17.6 Å². The molecule has 8 heteroatoms. The summed E-state index contributed by atoms with van der Waals surface area (Å²) in [5.41, 5.74) is 1.79. The maximum atomic E-state index is 14.2. The monoisotopic (exact) mass is 405 g/mol. The van der Waals surface area contributed by atoms with Crippen molar-refractivity contribution in [1.82, 2.24) is 10.0 Å². The number of carbonyl (C=O) groups excluding carboxylic acids is 1.